The molecular formula is C34H36N6. The summed E-state index contributed by atoms with van der Waals surface area (Å²) in [5.41, 5.74) is 6.83. The number of nitrogens with one attached hydrogen (secondary N) is 2. The first kappa shape index (κ1) is 26.0. The SMILES string of the molecule is CN(Cc1nc2ccccc2[nH]1)C(Cc1ccccc1)C(Cc1ccccc1)N(C)Cc1nc2ccccc2[nH]1. The Morgan fingerprint density at radius 2 is 0.900 bits per heavy atom. The third-order valence-electron chi connectivity index (χ3n) is 7.83. The van der Waals surface area contributed by atoms with Crippen molar-refractivity contribution in [2.24, 2.45) is 0 Å². The minimum atomic E-state index is 0.227. The number of hydrogen-bond donors (Lipinski definition) is 2. The third-order valence-corrected chi connectivity index (χ3v) is 7.83. The Morgan fingerprint density at radius 3 is 1.30 bits per heavy atom. The van der Waals surface area contributed by atoms with E-state index in [0.29, 0.717) is 0 Å². The van der Waals surface area contributed by atoms with Crippen LogP contribution in [0.25, 0.3) is 22.1 Å². The maximum atomic E-state index is 4.90. The molecule has 0 bridgehead atoms. The molecule has 2 heterocycles. The number of nitrogens with zero attached hydrogens (tertiary/aromatic N) is 4. The monoisotopic (exact) mass is 528 g/mol. The van der Waals surface area contributed by atoms with Crippen LogP contribution in [-0.4, -0.2) is 55.9 Å². The van der Waals surface area contributed by atoms with Gasteiger partial charge in [0.15, 0.2) is 0 Å². The van der Waals surface area contributed by atoms with E-state index in [2.05, 4.69) is 131 Å². The molecule has 2 atom stereocenters. The molecule has 2 aromatic heterocycles. The fraction of sp³-hybridized carbons (Fsp3) is 0.235. The van der Waals surface area contributed by atoms with Gasteiger partial charge in [-0.2, -0.15) is 0 Å². The van der Waals surface area contributed by atoms with Gasteiger partial charge in [-0.05, 0) is 62.3 Å². The van der Waals surface area contributed by atoms with Crippen LogP contribution < -0.4 is 0 Å². The highest BCUT2D eigenvalue weighted by Crippen LogP contribution is 2.23. The molecule has 0 radical (unpaired) electrons. The summed E-state index contributed by atoms with van der Waals surface area (Å²) in [4.78, 5) is 21.8. The lowest BCUT2D eigenvalue weighted by atomic mass is 9.92. The number of aromatic nitrogens is 4. The van der Waals surface area contributed by atoms with Crippen LogP contribution in [0.1, 0.15) is 22.8 Å². The lowest BCUT2D eigenvalue weighted by Crippen LogP contribution is -2.51. The predicted molar refractivity (Wildman–Crippen MR) is 163 cm³/mol. The molecule has 0 saturated heterocycles. The molecule has 0 saturated carbocycles. The second kappa shape index (κ2) is 11.9. The van der Waals surface area contributed by atoms with Crippen molar-refractivity contribution in [1.82, 2.24) is 29.7 Å². The number of benzene rings is 4. The smallest absolute Gasteiger partial charge is 0.121 e. The molecule has 6 aromatic rings. The highest BCUT2D eigenvalue weighted by atomic mass is 15.2. The summed E-state index contributed by atoms with van der Waals surface area (Å²) in [6.45, 7) is 1.46. The maximum Gasteiger partial charge on any atom is 0.121 e. The molecule has 6 rings (SSSR count). The number of hydrogen-bond acceptors (Lipinski definition) is 4. The Bertz CT molecular complexity index is 1460. The molecule has 2 N–H and O–H groups in total. The van der Waals surface area contributed by atoms with Crippen molar-refractivity contribution in [2.75, 3.05) is 14.1 Å². The van der Waals surface area contributed by atoms with E-state index in [0.717, 1.165) is 59.6 Å². The Balaban J connectivity index is 1.33. The van der Waals surface area contributed by atoms with Crippen LogP contribution in [-0.2, 0) is 25.9 Å². The van der Waals surface area contributed by atoms with Gasteiger partial charge in [-0.1, -0.05) is 84.9 Å². The molecule has 2 unspecified atom stereocenters. The average molecular weight is 529 g/mol. The standard InChI is InChI=1S/C34H36N6/c1-39(23-33-35-27-17-9-10-18-28(27)36-33)31(21-25-13-5-3-6-14-25)32(22-26-15-7-4-8-16-26)40(2)24-34-37-29-19-11-12-20-30(29)38-34/h3-20,31-32H,21-24H2,1-2H3,(H,35,36)(H,37,38). The van der Waals surface area contributed by atoms with Crippen molar-refractivity contribution < 1.29 is 0 Å². The summed E-state index contributed by atoms with van der Waals surface area (Å²) in [6.07, 6.45) is 1.86. The number of likely N-dealkylation sites (N-methyl/N-ethyl adjacent to an activating group) is 2. The number of imidazole rings is 2. The number of aromatic amines is 2. The van der Waals surface area contributed by atoms with Gasteiger partial charge in [0.1, 0.15) is 11.6 Å². The van der Waals surface area contributed by atoms with Crippen molar-refractivity contribution in [3.63, 3.8) is 0 Å². The second-order valence-electron chi connectivity index (χ2n) is 10.7. The van der Waals surface area contributed by atoms with E-state index in [1.165, 1.54) is 11.1 Å². The van der Waals surface area contributed by atoms with E-state index in [1.54, 1.807) is 0 Å². The molecule has 40 heavy (non-hydrogen) atoms. The molecule has 0 aliphatic carbocycles. The number of H-pyrrole nitrogens is 2. The molecule has 6 nitrogen and oxygen atoms in total. The zero-order valence-corrected chi connectivity index (χ0v) is 23.2. The predicted octanol–water partition coefficient (Wildman–Crippen LogP) is 6.23. The molecule has 0 aliphatic rings. The minimum absolute atomic E-state index is 0.227. The third kappa shape index (κ3) is 5.98. The fourth-order valence-corrected chi connectivity index (χ4v) is 5.75. The van der Waals surface area contributed by atoms with Gasteiger partial charge < -0.3 is 9.97 Å². The summed E-state index contributed by atoms with van der Waals surface area (Å²) in [6, 6.07) is 38.6. The van der Waals surface area contributed by atoms with Crippen LogP contribution in [0.3, 0.4) is 0 Å². The first-order valence-corrected chi connectivity index (χ1v) is 14.0. The maximum absolute atomic E-state index is 4.90. The van der Waals surface area contributed by atoms with Gasteiger partial charge in [-0.3, -0.25) is 9.80 Å². The van der Waals surface area contributed by atoms with Crippen molar-refractivity contribution in [3.8, 4) is 0 Å². The van der Waals surface area contributed by atoms with Gasteiger partial charge in [-0.25, -0.2) is 9.97 Å². The van der Waals surface area contributed by atoms with E-state index in [-0.39, 0.29) is 12.1 Å². The van der Waals surface area contributed by atoms with Crippen LogP contribution in [0.2, 0.25) is 0 Å². The van der Waals surface area contributed by atoms with Gasteiger partial charge in [0, 0.05) is 12.1 Å². The summed E-state index contributed by atoms with van der Waals surface area (Å²) in [7, 11) is 4.46. The molecular weight excluding hydrogens is 492 g/mol. The summed E-state index contributed by atoms with van der Waals surface area (Å²) >= 11 is 0. The zero-order valence-electron chi connectivity index (χ0n) is 23.2. The Morgan fingerprint density at radius 1 is 0.525 bits per heavy atom. The lowest BCUT2D eigenvalue weighted by molar-refractivity contribution is 0.0983. The quantitative estimate of drug-likeness (QED) is 0.209. The number of para-hydroxylation sites is 4. The average Bonchev–Trinajstić information content (AvgIpc) is 3.58. The van der Waals surface area contributed by atoms with E-state index in [1.807, 2.05) is 12.1 Å². The molecule has 4 aromatic carbocycles. The van der Waals surface area contributed by atoms with Crippen molar-refractivity contribution in [1.29, 1.82) is 0 Å². The van der Waals surface area contributed by atoms with Crippen molar-refractivity contribution in [2.45, 2.75) is 38.0 Å². The van der Waals surface area contributed by atoms with Crippen LogP contribution in [0.5, 0.6) is 0 Å². The lowest BCUT2D eigenvalue weighted by Gasteiger charge is -2.39. The summed E-state index contributed by atoms with van der Waals surface area (Å²) < 4.78 is 0. The summed E-state index contributed by atoms with van der Waals surface area (Å²) in [5.74, 6) is 1.97. The van der Waals surface area contributed by atoms with Crippen LogP contribution in [0.4, 0.5) is 0 Å². The van der Waals surface area contributed by atoms with E-state index in [4.69, 9.17) is 9.97 Å². The summed E-state index contributed by atoms with van der Waals surface area (Å²) in [5, 5.41) is 0. The highest BCUT2D eigenvalue weighted by Gasteiger charge is 2.30. The van der Waals surface area contributed by atoms with Crippen molar-refractivity contribution >= 4 is 22.1 Å². The van der Waals surface area contributed by atoms with Gasteiger partial charge in [0.25, 0.3) is 0 Å². The Hall–Kier alpha value is -4.26. The fourth-order valence-electron chi connectivity index (χ4n) is 5.75. The van der Waals surface area contributed by atoms with Crippen LogP contribution in [0.15, 0.2) is 109 Å². The molecule has 0 spiro atoms. The Kier molecular flexibility index (Phi) is 7.71. The first-order valence-electron chi connectivity index (χ1n) is 14.0. The van der Waals surface area contributed by atoms with Gasteiger partial charge >= 0.3 is 0 Å². The van der Waals surface area contributed by atoms with Gasteiger partial charge in [0.2, 0.25) is 0 Å². The first-order chi connectivity index (χ1) is 19.6. The number of fused-ring (bicyclic) bond motifs is 2. The molecule has 6 heteroatoms. The van der Waals surface area contributed by atoms with E-state index >= 15 is 0 Å². The molecule has 0 fully saturated rings. The van der Waals surface area contributed by atoms with Gasteiger partial charge in [-0.15, -0.1) is 0 Å². The zero-order chi connectivity index (χ0) is 27.3. The normalized spacial score (nSPS) is 13.4. The second-order valence-corrected chi connectivity index (χ2v) is 10.7. The van der Waals surface area contributed by atoms with Gasteiger partial charge in [0.05, 0.1) is 35.2 Å². The van der Waals surface area contributed by atoms with Crippen LogP contribution in [0, 0.1) is 0 Å². The van der Waals surface area contributed by atoms with Crippen molar-refractivity contribution in [3.05, 3.63) is 132 Å². The van der Waals surface area contributed by atoms with E-state index in [9.17, 15) is 0 Å². The van der Waals surface area contributed by atoms with E-state index < -0.39 is 0 Å². The van der Waals surface area contributed by atoms with Crippen LogP contribution >= 0.6 is 0 Å². The highest BCUT2D eigenvalue weighted by molar-refractivity contribution is 5.75. The molecule has 0 aliphatic heterocycles. The topological polar surface area (TPSA) is 63.8 Å². The molecule has 0 amide bonds. The number of rotatable bonds is 11. The molecule has 202 valence electrons. The largest absolute Gasteiger partial charge is 0.341 e. The minimum Gasteiger partial charge on any atom is -0.341 e. The Labute approximate surface area is 235 Å².